The van der Waals surface area contributed by atoms with Crippen LogP contribution < -0.4 is 5.43 Å². The number of methoxy groups -OCH3 is 1. The summed E-state index contributed by atoms with van der Waals surface area (Å²) in [5.74, 6) is -0.420. The van der Waals surface area contributed by atoms with E-state index in [1.165, 1.54) is 18.9 Å². The number of halogens is 1. The van der Waals surface area contributed by atoms with Crippen LogP contribution in [0, 0.1) is 6.92 Å². The average molecular weight is 363 g/mol. The first-order valence-corrected chi connectivity index (χ1v) is 8.81. The molecule has 5 nitrogen and oxygen atoms in total. The number of carbonyl (C=O) groups is 1. The van der Waals surface area contributed by atoms with Crippen LogP contribution in [-0.2, 0) is 16.1 Å². The summed E-state index contributed by atoms with van der Waals surface area (Å²) >= 11 is 7.73. The smallest absolute Gasteiger partial charge is 0.325 e. The van der Waals surface area contributed by atoms with Gasteiger partial charge in [-0.25, -0.2) is 4.98 Å². The van der Waals surface area contributed by atoms with Crippen molar-refractivity contribution in [2.24, 2.45) is 0 Å². The van der Waals surface area contributed by atoms with Crippen molar-refractivity contribution in [1.82, 2.24) is 9.55 Å². The van der Waals surface area contributed by atoms with E-state index in [0.717, 1.165) is 10.6 Å². The number of thioether (sulfide) groups is 1. The molecule has 0 saturated heterocycles. The van der Waals surface area contributed by atoms with Crippen molar-refractivity contribution < 1.29 is 9.53 Å². The van der Waals surface area contributed by atoms with Gasteiger partial charge < -0.3 is 9.30 Å². The quantitative estimate of drug-likeness (QED) is 0.406. The Morgan fingerprint density at radius 2 is 2.00 bits per heavy atom. The van der Waals surface area contributed by atoms with Crippen LogP contribution in [0.5, 0.6) is 0 Å². The molecule has 0 saturated carbocycles. The SMILES string of the molecule is COC(=O)Cn1c2nc(C)ccc2c(=O)c2ccc(Cl)c(SC)c21. The van der Waals surface area contributed by atoms with Gasteiger partial charge in [-0.1, -0.05) is 11.6 Å². The van der Waals surface area contributed by atoms with Crippen LogP contribution in [0.1, 0.15) is 5.69 Å². The Hall–Kier alpha value is -2.05. The van der Waals surface area contributed by atoms with Gasteiger partial charge in [-0.2, -0.15) is 0 Å². The normalized spacial score (nSPS) is 11.2. The third-order valence-electron chi connectivity index (χ3n) is 3.83. The second-order valence-corrected chi connectivity index (χ2v) is 6.52. The predicted octanol–water partition coefficient (Wildman–Crippen LogP) is 3.41. The number of hydrogen-bond donors (Lipinski definition) is 0. The molecule has 124 valence electrons. The first kappa shape index (κ1) is 16.8. The maximum atomic E-state index is 12.9. The highest BCUT2D eigenvalue weighted by Crippen LogP contribution is 2.33. The van der Waals surface area contributed by atoms with Gasteiger partial charge in [0.15, 0.2) is 5.43 Å². The van der Waals surface area contributed by atoms with E-state index in [0.29, 0.717) is 27.0 Å². The zero-order valence-corrected chi connectivity index (χ0v) is 15.0. The lowest BCUT2D eigenvalue weighted by Gasteiger charge is -2.16. The van der Waals surface area contributed by atoms with E-state index in [1.54, 1.807) is 28.8 Å². The van der Waals surface area contributed by atoms with Crippen molar-refractivity contribution in [2.45, 2.75) is 18.4 Å². The standard InChI is InChI=1S/C17H15ClN2O3S/c1-9-4-5-11-15(22)10-6-7-12(18)16(24-3)14(10)20(17(11)19-9)8-13(21)23-2/h4-7H,8H2,1-3H3. The lowest BCUT2D eigenvalue weighted by atomic mass is 10.1. The molecule has 7 heteroatoms. The van der Waals surface area contributed by atoms with Gasteiger partial charge in [-0.15, -0.1) is 11.8 Å². The third-order valence-corrected chi connectivity index (χ3v) is 5.08. The Labute approximate surface area is 147 Å². The largest absolute Gasteiger partial charge is 0.468 e. The van der Waals surface area contributed by atoms with Crippen LogP contribution >= 0.6 is 23.4 Å². The zero-order valence-electron chi connectivity index (χ0n) is 13.4. The molecule has 3 aromatic rings. The first-order chi connectivity index (χ1) is 11.5. The Bertz CT molecular complexity index is 1030. The molecule has 3 rings (SSSR count). The summed E-state index contributed by atoms with van der Waals surface area (Å²) in [6, 6.07) is 6.91. The second kappa shape index (κ2) is 6.45. The molecule has 1 aromatic carbocycles. The molecular weight excluding hydrogens is 348 g/mol. The summed E-state index contributed by atoms with van der Waals surface area (Å²) in [7, 11) is 1.33. The number of benzene rings is 1. The molecule has 0 spiro atoms. The fourth-order valence-corrected chi connectivity index (χ4v) is 3.78. The minimum Gasteiger partial charge on any atom is -0.468 e. The Balaban J connectivity index is 2.58. The predicted molar refractivity (Wildman–Crippen MR) is 97.1 cm³/mol. The molecule has 0 atom stereocenters. The maximum Gasteiger partial charge on any atom is 0.325 e. The van der Waals surface area contributed by atoms with Crippen LogP contribution in [-0.4, -0.2) is 28.9 Å². The number of carbonyl (C=O) groups excluding carboxylic acids is 1. The van der Waals surface area contributed by atoms with Crippen LogP contribution in [0.15, 0.2) is 34.0 Å². The summed E-state index contributed by atoms with van der Waals surface area (Å²) in [4.78, 5) is 30.0. The number of rotatable bonds is 3. The number of fused-ring (bicyclic) bond motifs is 2. The number of hydrogen-bond acceptors (Lipinski definition) is 5. The number of ether oxygens (including phenoxy) is 1. The van der Waals surface area contributed by atoms with Gasteiger partial charge in [0.05, 0.1) is 27.9 Å². The van der Waals surface area contributed by atoms with Gasteiger partial charge in [0.2, 0.25) is 0 Å². The van der Waals surface area contributed by atoms with Crippen LogP contribution in [0.4, 0.5) is 0 Å². The first-order valence-electron chi connectivity index (χ1n) is 7.21. The van der Waals surface area contributed by atoms with Gasteiger partial charge in [-0.05, 0) is 37.4 Å². The molecule has 0 N–H and O–H groups in total. The number of aromatic nitrogens is 2. The minimum absolute atomic E-state index is 0.0475. The fraction of sp³-hybridized carbons (Fsp3) is 0.235. The van der Waals surface area contributed by atoms with Crippen molar-refractivity contribution in [3.05, 3.63) is 45.2 Å². The van der Waals surface area contributed by atoms with Crippen molar-refractivity contribution in [3.8, 4) is 0 Å². The summed E-state index contributed by atoms with van der Waals surface area (Å²) in [6.45, 7) is 1.79. The molecule has 2 heterocycles. The van der Waals surface area contributed by atoms with Crippen molar-refractivity contribution in [1.29, 1.82) is 0 Å². The molecule has 24 heavy (non-hydrogen) atoms. The number of pyridine rings is 2. The van der Waals surface area contributed by atoms with E-state index >= 15 is 0 Å². The molecule has 0 fully saturated rings. The van der Waals surface area contributed by atoms with Gasteiger partial charge >= 0.3 is 5.97 Å². The molecule has 0 aliphatic rings. The molecule has 0 amide bonds. The van der Waals surface area contributed by atoms with Crippen molar-refractivity contribution in [3.63, 3.8) is 0 Å². The van der Waals surface area contributed by atoms with Gasteiger partial charge in [0.1, 0.15) is 12.2 Å². The number of nitrogens with zero attached hydrogens (tertiary/aromatic N) is 2. The van der Waals surface area contributed by atoms with Crippen LogP contribution in [0.3, 0.4) is 0 Å². The van der Waals surface area contributed by atoms with Crippen molar-refractivity contribution >= 4 is 51.3 Å². The minimum atomic E-state index is -0.420. The Morgan fingerprint density at radius 3 is 2.67 bits per heavy atom. The molecular formula is C17H15ClN2O3S. The fourth-order valence-electron chi connectivity index (χ4n) is 2.72. The highest BCUT2D eigenvalue weighted by Gasteiger charge is 2.18. The third kappa shape index (κ3) is 2.65. The molecule has 0 radical (unpaired) electrons. The molecule has 0 aliphatic heterocycles. The highest BCUT2D eigenvalue weighted by molar-refractivity contribution is 7.99. The lowest BCUT2D eigenvalue weighted by molar-refractivity contribution is -0.141. The maximum absolute atomic E-state index is 12.9. The van der Waals surface area contributed by atoms with E-state index in [4.69, 9.17) is 16.3 Å². The topological polar surface area (TPSA) is 61.2 Å². The van der Waals surface area contributed by atoms with Gasteiger partial charge in [0.25, 0.3) is 0 Å². The Morgan fingerprint density at radius 1 is 1.29 bits per heavy atom. The molecule has 0 bridgehead atoms. The molecule has 0 aliphatic carbocycles. The summed E-state index contributed by atoms with van der Waals surface area (Å²) in [5, 5.41) is 1.50. The Kier molecular flexibility index (Phi) is 4.51. The summed E-state index contributed by atoms with van der Waals surface area (Å²) in [6.07, 6.45) is 1.88. The van der Waals surface area contributed by atoms with Crippen LogP contribution in [0.25, 0.3) is 21.9 Å². The summed E-state index contributed by atoms with van der Waals surface area (Å²) in [5.41, 5.74) is 1.69. The van der Waals surface area contributed by atoms with E-state index in [2.05, 4.69) is 4.98 Å². The van der Waals surface area contributed by atoms with Gasteiger partial charge in [-0.3, -0.25) is 9.59 Å². The molecule has 2 aromatic heterocycles. The highest BCUT2D eigenvalue weighted by atomic mass is 35.5. The monoisotopic (exact) mass is 362 g/mol. The molecule has 0 unspecified atom stereocenters. The average Bonchev–Trinajstić information content (AvgIpc) is 2.57. The van der Waals surface area contributed by atoms with E-state index in [1.807, 2.05) is 13.2 Å². The van der Waals surface area contributed by atoms with E-state index < -0.39 is 5.97 Å². The van der Waals surface area contributed by atoms with E-state index in [9.17, 15) is 9.59 Å². The van der Waals surface area contributed by atoms with E-state index in [-0.39, 0.29) is 12.0 Å². The zero-order chi connectivity index (χ0) is 17.4. The van der Waals surface area contributed by atoms with Crippen LogP contribution in [0.2, 0.25) is 5.02 Å². The van der Waals surface area contributed by atoms with Crippen molar-refractivity contribution in [2.75, 3.05) is 13.4 Å². The van der Waals surface area contributed by atoms with Gasteiger partial charge in [0, 0.05) is 11.1 Å². The number of esters is 1. The lowest BCUT2D eigenvalue weighted by Crippen LogP contribution is -2.19. The summed E-state index contributed by atoms with van der Waals surface area (Å²) < 4.78 is 6.52. The second-order valence-electron chi connectivity index (χ2n) is 5.29. The number of aryl methyl sites for hydroxylation is 1.